The summed E-state index contributed by atoms with van der Waals surface area (Å²) in [5.74, 6) is -0.731. The fourth-order valence-electron chi connectivity index (χ4n) is 4.36. The average Bonchev–Trinajstić information content (AvgIpc) is 3.69. The number of hydrogen-bond acceptors (Lipinski definition) is 8. The van der Waals surface area contributed by atoms with E-state index in [9.17, 15) is 14.4 Å². The molecule has 0 saturated heterocycles. The van der Waals surface area contributed by atoms with Gasteiger partial charge in [0.1, 0.15) is 17.1 Å². The Morgan fingerprint density at radius 2 is 1.75 bits per heavy atom. The van der Waals surface area contributed by atoms with Gasteiger partial charge >= 0.3 is 5.76 Å². The molecular formula is C28H23N7O5. The molecule has 0 fully saturated rings. The molecule has 12 heteroatoms. The third-order valence-electron chi connectivity index (χ3n) is 6.52. The van der Waals surface area contributed by atoms with Crippen LogP contribution in [0, 0.1) is 0 Å². The Labute approximate surface area is 226 Å². The van der Waals surface area contributed by atoms with Gasteiger partial charge in [-0.15, -0.1) is 0 Å². The molecule has 1 aliphatic rings. The third kappa shape index (κ3) is 4.73. The van der Waals surface area contributed by atoms with Crippen LogP contribution in [0.1, 0.15) is 44.1 Å². The van der Waals surface area contributed by atoms with Crippen molar-refractivity contribution in [1.82, 2.24) is 29.8 Å². The average molecular weight is 538 g/mol. The lowest BCUT2D eigenvalue weighted by atomic mass is 10.1. The van der Waals surface area contributed by atoms with E-state index >= 15 is 0 Å². The lowest BCUT2D eigenvalue weighted by Crippen LogP contribution is -2.28. The molecule has 5 aromatic rings. The van der Waals surface area contributed by atoms with Gasteiger partial charge in [0.25, 0.3) is 11.8 Å². The van der Waals surface area contributed by atoms with Gasteiger partial charge in [-0.3, -0.25) is 14.2 Å². The quantitative estimate of drug-likeness (QED) is 0.325. The molecule has 1 aliphatic heterocycles. The minimum absolute atomic E-state index is 0.0698. The van der Waals surface area contributed by atoms with Crippen molar-refractivity contribution >= 4 is 34.3 Å². The number of allylic oxidation sites excluding steroid dienone is 1. The number of aryl methyl sites for hydroxylation is 1. The summed E-state index contributed by atoms with van der Waals surface area (Å²) in [5, 5.41) is 13.9. The molecular weight excluding hydrogens is 514 g/mol. The summed E-state index contributed by atoms with van der Waals surface area (Å²) in [6.45, 7) is 4.21. The van der Waals surface area contributed by atoms with Gasteiger partial charge in [0.2, 0.25) is 0 Å². The van der Waals surface area contributed by atoms with Crippen molar-refractivity contribution in [2.45, 2.75) is 19.5 Å². The third-order valence-corrected chi connectivity index (χ3v) is 6.52. The highest BCUT2D eigenvalue weighted by Crippen LogP contribution is 2.19. The van der Waals surface area contributed by atoms with Crippen LogP contribution in [0.15, 0.2) is 87.5 Å². The molecule has 2 amide bonds. The first-order chi connectivity index (χ1) is 19.4. The number of nitrogens with one attached hydrogen (secondary N) is 2. The van der Waals surface area contributed by atoms with Crippen molar-refractivity contribution in [1.29, 1.82) is 0 Å². The van der Waals surface area contributed by atoms with Crippen LogP contribution in [-0.4, -0.2) is 36.7 Å². The maximum Gasteiger partial charge on any atom is 0.419 e. The predicted molar refractivity (Wildman–Crippen MR) is 145 cm³/mol. The van der Waals surface area contributed by atoms with Gasteiger partial charge in [0.05, 0.1) is 23.8 Å². The van der Waals surface area contributed by atoms with E-state index < -0.39 is 17.6 Å². The number of hydrogen-bond donors (Lipinski definition) is 2. The highest BCUT2D eigenvalue weighted by atomic mass is 16.6. The lowest BCUT2D eigenvalue weighted by Gasteiger charge is -2.10. The zero-order valence-electron chi connectivity index (χ0n) is 21.4. The SMILES string of the molecule is C=C1CC(c2ccc(CNC(=O)c3cc(C(=O)NCc4ccc5oc(=O)n(C)c5c4)nc4ccnn34)cc2)=NO1. The van der Waals surface area contributed by atoms with Gasteiger partial charge in [0, 0.05) is 32.3 Å². The standard InChI is InChI=1S/C28H23N7O5/c1-16-11-20(33-40-16)19-6-3-17(4-7-19)14-30-27(37)23-13-21(32-25-9-10-31-35(23)25)26(36)29-15-18-5-8-24-22(12-18)34(2)28(38)39-24/h3-10,12-13H,1,11,14-15H2,2H3,(H,29,36)(H,30,37). The molecule has 3 aromatic heterocycles. The van der Waals surface area contributed by atoms with Crippen LogP contribution in [-0.2, 0) is 25.0 Å². The van der Waals surface area contributed by atoms with Gasteiger partial charge in [-0.2, -0.15) is 5.10 Å². The molecule has 0 bridgehead atoms. The van der Waals surface area contributed by atoms with Crippen molar-refractivity contribution in [3.63, 3.8) is 0 Å². The topological polar surface area (TPSA) is 145 Å². The van der Waals surface area contributed by atoms with Crippen molar-refractivity contribution < 1.29 is 18.8 Å². The normalized spacial score (nSPS) is 12.9. The number of rotatable bonds is 7. The lowest BCUT2D eigenvalue weighted by molar-refractivity contribution is 0.0942. The zero-order chi connectivity index (χ0) is 27.8. The number of carbonyl (C=O) groups is 2. The number of benzene rings is 2. The Balaban J connectivity index is 1.15. The van der Waals surface area contributed by atoms with E-state index in [1.807, 2.05) is 24.3 Å². The highest BCUT2D eigenvalue weighted by molar-refractivity contribution is 6.02. The predicted octanol–water partition coefficient (Wildman–Crippen LogP) is 2.67. The van der Waals surface area contributed by atoms with Crippen LogP contribution >= 0.6 is 0 Å². The molecule has 200 valence electrons. The first kappa shape index (κ1) is 24.8. The Hall–Kier alpha value is -5.52. The minimum Gasteiger partial charge on any atom is -0.408 e. The van der Waals surface area contributed by atoms with E-state index in [0.29, 0.717) is 28.9 Å². The van der Waals surface area contributed by atoms with Gasteiger partial charge in [-0.05, 0) is 28.8 Å². The number of fused-ring (bicyclic) bond motifs is 2. The van der Waals surface area contributed by atoms with Gasteiger partial charge in [-0.1, -0.05) is 42.1 Å². The molecule has 0 radical (unpaired) electrons. The number of amides is 2. The van der Waals surface area contributed by atoms with Crippen LogP contribution in [0.3, 0.4) is 0 Å². The van der Waals surface area contributed by atoms with Crippen molar-refractivity contribution in [2.24, 2.45) is 12.2 Å². The summed E-state index contributed by atoms with van der Waals surface area (Å²) >= 11 is 0. The molecule has 2 N–H and O–H groups in total. The summed E-state index contributed by atoms with van der Waals surface area (Å²) < 4.78 is 7.92. The summed E-state index contributed by atoms with van der Waals surface area (Å²) in [7, 11) is 1.61. The number of carbonyl (C=O) groups excluding carboxylic acids is 2. The Kier molecular flexibility index (Phi) is 6.19. The second-order valence-electron chi connectivity index (χ2n) is 9.26. The fraction of sp³-hybridized carbons (Fsp3) is 0.143. The summed E-state index contributed by atoms with van der Waals surface area (Å²) in [6.07, 6.45) is 2.07. The summed E-state index contributed by atoms with van der Waals surface area (Å²) in [4.78, 5) is 47.3. The second kappa shape index (κ2) is 9.98. The highest BCUT2D eigenvalue weighted by Gasteiger charge is 2.18. The maximum atomic E-state index is 13.1. The summed E-state index contributed by atoms with van der Waals surface area (Å²) in [5.41, 5.74) is 5.06. The van der Waals surface area contributed by atoms with E-state index in [1.165, 1.54) is 21.3 Å². The Morgan fingerprint density at radius 1 is 1.00 bits per heavy atom. The number of aromatic nitrogens is 4. The van der Waals surface area contributed by atoms with E-state index in [1.54, 1.807) is 31.3 Å². The number of nitrogens with zero attached hydrogens (tertiary/aromatic N) is 5. The van der Waals surface area contributed by atoms with Crippen molar-refractivity contribution in [3.8, 4) is 0 Å². The Bertz CT molecular complexity index is 1900. The van der Waals surface area contributed by atoms with Gasteiger partial charge < -0.3 is 19.9 Å². The molecule has 6 rings (SSSR count). The van der Waals surface area contributed by atoms with E-state index in [-0.39, 0.29) is 24.5 Å². The first-order valence-corrected chi connectivity index (χ1v) is 12.4. The van der Waals surface area contributed by atoms with Crippen LogP contribution in [0.4, 0.5) is 0 Å². The number of oxazole rings is 1. The number of oxime groups is 1. The van der Waals surface area contributed by atoms with Crippen LogP contribution in [0.25, 0.3) is 16.7 Å². The molecule has 12 nitrogen and oxygen atoms in total. The van der Waals surface area contributed by atoms with Gasteiger partial charge in [-0.25, -0.2) is 14.3 Å². The largest absolute Gasteiger partial charge is 0.419 e. The van der Waals surface area contributed by atoms with E-state index in [4.69, 9.17) is 9.25 Å². The molecule has 2 aromatic carbocycles. The molecule has 0 unspecified atom stereocenters. The fourth-order valence-corrected chi connectivity index (χ4v) is 4.36. The van der Waals surface area contributed by atoms with Crippen LogP contribution < -0.4 is 16.4 Å². The summed E-state index contributed by atoms with van der Waals surface area (Å²) in [6, 6.07) is 15.8. The monoisotopic (exact) mass is 537 g/mol. The molecule has 4 heterocycles. The van der Waals surface area contributed by atoms with Gasteiger partial charge in [0.15, 0.2) is 11.2 Å². The molecule has 0 saturated carbocycles. The molecule has 0 spiro atoms. The molecule has 0 atom stereocenters. The van der Waals surface area contributed by atoms with E-state index in [2.05, 4.69) is 32.5 Å². The maximum absolute atomic E-state index is 13.1. The second-order valence-corrected chi connectivity index (χ2v) is 9.26. The Morgan fingerprint density at radius 3 is 2.52 bits per heavy atom. The van der Waals surface area contributed by atoms with E-state index in [0.717, 1.165) is 22.4 Å². The molecule has 0 aliphatic carbocycles. The minimum atomic E-state index is -0.462. The van der Waals surface area contributed by atoms with Crippen LogP contribution in [0.2, 0.25) is 0 Å². The molecule has 40 heavy (non-hydrogen) atoms. The van der Waals surface area contributed by atoms with Crippen molar-refractivity contribution in [2.75, 3.05) is 0 Å². The zero-order valence-corrected chi connectivity index (χ0v) is 21.4. The smallest absolute Gasteiger partial charge is 0.408 e. The van der Waals surface area contributed by atoms with Crippen LogP contribution in [0.5, 0.6) is 0 Å². The van der Waals surface area contributed by atoms with Crippen molar-refractivity contribution in [3.05, 3.63) is 112 Å². The first-order valence-electron chi connectivity index (χ1n) is 12.4.